The average molecular weight is 300 g/mol. The number of hydrogen-bond donors (Lipinski definition) is 5. The monoisotopic (exact) mass is 300 g/mol. The van der Waals surface area contributed by atoms with E-state index in [1.54, 1.807) is 6.92 Å². The van der Waals surface area contributed by atoms with Crippen LogP contribution in [-0.4, -0.2) is 45.9 Å². The summed E-state index contributed by atoms with van der Waals surface area (Å²) in [5.41, 5.74) is 4.72. The van der Waals surface area contributed by atoms with Gasteiger partial charge in [0.2, 0.25) is 0 Å². The highest BCUT2D eigenvalue weighted by atomic mass is 32.1. The van der Waals surface area contributed by atoms with Crippen molar-refractivity contribution in [2.75, 3.05) is 24.3 Å². The summed E-state index contributed by atoms with van der Waals surface area (Å²) in [7, 11) is 0. The Hall–Kier alpha value is -1.38. The van der Waals surface area contributed by atoms with Gasteiger partial charge in [-0.1, -0.05) is 18.3 Å². The molecule has 1 aromatic heterocycles. The number of nitrogens with one attached hydrogen (secondary N) is 2. The van der Waals surface area contributed by atoms with Crippen molar-refractivity contribution in [2.45, 2.75) is 37.8 Å². The quantitative estimate of drug-likeness (QED) is 0.489. The number of anilines is 2. The zero-order valence-electron chi connectivity index (χ0n) is 11.3. The fraction of sp³-hybridized carbons (Fsp3) is 0.667. The van der Waals surface area contributed by atoms with Gasteiger partial charge in [0.05, 0.1) is 18.8 Å². The van der Waals surface area contributed by atoms with Crippen molar-refractivity contribution in [2.24, 2.45) is 0 Å². The Morgan fingerprint density at radius 3 is 2.65 bits per heavy atom. The lowest BCUT2D eigenvalue weighted by molar-refractivity contribution is 0.0656. The number of carbonyl (C=O) groups excluding carboxylic acids is 1. The van der Waals surface area contributed by atoms with Crippen molar-refractivity contribution in [3.05, 3.63) is 4.88 Å². The third kappa shape index (κ3) is 3.20. The van der Waals surface area contributed by atoms with E-state index in [-0.39, 0.29) is 19.0 Å². The molecule has 0 bridgehead atoms. The molecule has 0 radical (unpaired) electrons. The summed E-state index contributed by atoms with van der Waals surface area (Å²) in [6.45, 7) is 1.11. The van der Waals surface area contributed by atoms with Crippen molar-refractivity contribution in [3.63, 3.8) is 0 Å². The normalized spacial score (nSPS) is 15.2. The number of nitrogens with two attached hydrogens (primary N) is 1. The van der Waals surface area contributed by atoms with Crippen LogP contribution in [0.2, 0.25) is 0 Å². The second kappa shape index (κ2) is 5.94. The van der Waals surface area contributed by atoms with Crippen LogP contribution in [0.3, 0.4) is 0 Å². The first kappa shape index (κ1) is 15.0. The number of amides is 1. The smallest absolute Gasteiger partial charge is 0.265 e. The Morgan fingerprint density at radius 1 is 1.50 bits per heavy atom. The average Bonchev–Trinajstić information content (AvgIpc) is 3.18. The molecule has 7 nitrogen and oxygen atoms in total. The van der Waals surface area contributed by atoms with Crippen molar-refractivity contribution in [1.82, 2.24) is 10.3 Å². The highest BCUT2D eigenvalue weighted by Gasteiger charge is 2.31. The van der Waals surface area contributed by atoms with E-state index in [1.807, 2.05) is 0 Å². The molecule has 0 aliphatic heterocycles. The van der Waals surface area contributed by atoms with E-state index in [0.29, 0.717) is 22.5 Å². The molecule has 20 heavy (non-hydrogen) atoms. The molecule has 1 saturated carbocycles. The maximum atomic E-state index is 12.2. The molecule has 0 atom stereocenters. The van der Waals surface area contributed by atoms with Crippen molar-refractivity contribution in [3.8, 4) is 0 Å². The molecule has 1 amide bonds. The second-order valence-electron chi connectivity index (χ2n) is 5.06. The first-order chi connectivity index (χ1) is 9.53. The number of aliphatic hydroxyl groups is 2. The van der Waals surface area contributed by atoms with E-state index in [4.69, 9.17) is 5.73 Å². The number of hydrogen-bond acceptors (Lipinski definition) is 7. The molecule has 1 aliphatic rings. The number of thiazole rings is 1. The van der Waals surface area contributed by atoms with E-state index in [9.17, 15) is 15.0 Å². The Bertz CT molecular complexity index is 475. The summed E-state index contributed by atoms with van der Waals surface area (Å²) in [4.78, 5) is 16.6. The summed E-state index contributed by atoms with van der Waals surface area (Å²) in [6.07, 6.45) is 2.63. The first-order valence-electron chi connectivity index (χ1n) is 6.60. The molecule has 6 N–H and O–H groups in total. The third-order valence-electron chi connectivity index (χ3n) is 3.43. The van der Waals surface area contributed by atoms with Crippen LogP contribution in [0.15, 0.2) is 0 Å². The molecule has 1 aliphatic carbocycles. The molecule has 0 spiro atoms. The van der Waals surface area contributed by atoms with E-state index in [0.717, 1.165) is 12.8 Å². The Kier molecular flexibility index (Phi) is 4.46. The van der Waals surface area contributed by atoms with Gasteiger partial charge in [-0.3, -0.25) is 4.79 Å². The van der Waals surface area contributed by atoms with E-state index in [2.05, 4.69) is 15.6 Å². The maximum Gasteiger partial charge on any atom is 0.265 e. The summed E-state index contributed by atoms with van der Waals surface area (Å²) >= 11 is 1.19. The second-order valence-corrected chi connectivity index (χ2v) is 6.06. The van der Waals surface area contributed by atoms with Crippen molar-refractivity contribution < 1.29 is 15.0 Å². The van der Waals surface area contributed by atoms with Crippen molar-refractivity contribution in [1.29, 1.82) is 0 Å². The number of aromatic nitrogens is 1. The van der Waals surface area contributed by atoms with Crippen LogP contribution in [0, 0.1) is 0 Å². The molecule has 1 aromatic rings. The standard InChI is InChI=1S/C12H20N4O3S/c1-2-12(5-17,6-18)16-10(19)8-9(13)15-11(20-8)14-7-3-4-7/h7,17-18H,2-6,13H2,1H3,(H,14,15)(H,16,19). The first-order valence-corrected chi connectivity index (χ1v) is 7.42. The SMILES string of the molecule is CCC(CO)(CO)NC(=O)c1sc(NC2CC2)nc1N. The number of rotatable bonds is 7. The van der Waals surface area contributed by atoms with Crippen LogP contribution in [0.4, 0.5) is 10.9 Å². The van der Waals surface area contributed by atoms with E-state index < -0.39 is 11.4 Å². The highest BCUT2D eigenvalue weighted by Crippen LogP contribution is 2.30. The van der Waals surface area contributed by atoms with Gasteiger partial charge in [-0.2, -0.15) is 0 Å². The summed E-state index contributed by atoms with van der Waals surface area (Å²) in [6, 6.07) is 0.432. The fourth-order valence-electron chi connectivity index (χ4n) is 1.70. The fourth-order valence-corrected chi connectivity index (χ4v) is 2.55. The van der Waals surface area contributed by atoms with Gasteiger partial charge in [-0.25, -0.2) is 4.98 Å². The van der Waals surface area contributed by atoms with Gasteiger partial charge in [0.25, 0.3) is 5.91 Å². The predicted molar refractivity (Wildman–Crippen MR) is 77.8 cm³/mol. The summed E-state index contributed by atoms with van der Waals surface area (Å²) in [5, 5.41) is 25.1. The van der Waals surface area contributed by atoms with Crippen molar-refractivity contribution >= 4 is 28.2 Å². The molecule has 1 heterocycles. The van der Waals surface area contributed by atoms with Crippen LogP contribution < -0.4 is 16.4 Å². The molecule has 0 saturated heterocycles. The van der Waals surface area contributed by atoms with Crippen LogP contribution in [0.1, 0.15) is 35.9 Å². The summed E-state index contributed by atoms with van der Waals surface area (Å²) < 4.78 is 0. The molecule has 1 fully saturated rings. The van der Waals surface area contributed by atoms with E-state index in [1.165, 1.54) is 11.3 Å². The van der Waals surface area contributed by atoms with Gasteiger partial charge in [-0.15, -0.1) is 0 Å². The molecule has 0 unspecified atom stereocenters. The largest absolute Gasteiger partial charge is 0.394 e. The lowest BCUT2D eigenvalue weighted by Gasteiger charge is -2.29. The zero-order valence-corrected chi connectivity index (χ0v) is 12.2. The van der Waals surface area contributed by atoms with Crippen LogP contribution in [-0.2, 0) is 0 Å². The number of carbonyl (C=O) groups is 1. The lowest BCUT2D eigenvalue weighted by atomic mass is 9.98. The van der Waals surface area contributed by atoms with Crippen LogP contribution >= 0.6 is 11.3 Å². The number of aliphatic hydroxyl groups excluding tert-OH is 2. The maximum absolute atomic E-state index is 12.2. The van der Waals surface area contributed by atoms with Gasteiger partial charge in [0.15, 0.2) is 5.13 Å². The predicted octanol–water partition coefficient (Wildman–Crippen LogP) is 0.163. The minimum atomic E-state index is -1.03. The van der Waals surface area contributed by atoms with Gasteiger partial charge in [0, 0.05) is 6.04 Å². The molecule has 2 rings (SSSR count). The third-order valence-corrected chi connectivity index (χ3v) is 4.43. The highest BCUT2D eigenvalue weighted by molar-refractivity contribution is 7.18. The molecular formula is C12H20N4O3S. The molecular weight excluding hydrogens is 280 g/mol. The van der Waals surface area contributed by atoms with Crippen LogP contribution in [0.25, 0.3) is 0 Å². The minimum absolute atomic E-state index is 0.163. The summed E-state index contributed by atoms with van der Waals surface area (Å²) in [5.74, 6) is -0.259. The topological polar surface area (TPSA) is 120 Å². The van der Waals surface area contributed by atoms with Gasteiger partial charge >= 0.3 is 0 Å². The Morgan fingerprint density at radius 2 is 2.15 bits per heavy atom. The lowest BCUT2D eigenvalue weighted by Crippen LogP contribution is -2.53. The minimum Gasteiger partial charge on any atom is -0.394 e. The molecule has 112 valence electrons. The Labute approximate surface area is 121 Å². The number of nitrogen functional groups attached to an aromatic ring is 1. The number of nitrogens with zero attached hydrogens (tertiary/aromatic N) is 1. The Balaban J connectivity index is 2.09. The molecule has 8 heteroatoms. The van der Waals surface area contributed by atoms with Gasteiger partial charge < -0.3 is 26.6 Å². The van der Waals surface area contributed by atoms with Crippen LogP contribution in [0.5, 0.6) is 0 Å². The van der Waals surface area contributed by atoms with Gasteiger partial charge in [0.1, 0.15) is 10.7 Å². The zero-order chi connectivity index (χ0) is 14.8. The van der Waals surface area contributed by atoms with Gasteiger partial charge in [-0.05, 0) is 19.3 Å². The van der Waals surface area contributed by atoms with E-state index >= 15 is 0 Å². The molecule has 0 aromatic carbocycles.